The fourth-order valence-electron chi connectivity index (χ4n) is 18.7. The number of carbonyl (C=O) groups excluding carboxylic acids is 1. The Balaban J connectivity index is 0.0000000920. The Morgan fingerprint density at radius 2 is 0.591 bits per heavy atom. The fourth-order valence-corrected chi connectivity index (χ4v) is 19.5. The molecule has 606 valence electrons. The monoisotopic (exact) mass is 1660 g/mol. The van der Waals surface area contributed by atoms with Crippen molar-refractivity contribution in [3.05, 3.63) is 532 Å². The summed E-state index contributed by atoms with van der Waals surface area (Å²) in [5.74, 6) is 0.149. The van der Waals surface area contributed by atoms with E-state index in [0.29, 0.717) is 0 Å². The molecule has 29 rings (SSSR count). The van der Waals surface area contributed by atoms with E-state index in [1.54, 1.807) is 46.9 Å². The van der Waals surface area contributed by atoms with Crippen LogP contribution in [0.4, 0.5) is 0 Å². The second kappa shape index (κ2) is 37.3. The number of thiophene rings is 1. The minimum absolute atomic E-state index is 0.149. The molecule has 0 saturated carbocycles. The van der Waals surface area contributed by atoms with E-state index in [1.807, 2.05) is 113 Å². The third-order valence-electron chi connectivity index (χ3n) is 24.6. The maximum atomic E-state index is 11.9. The Kier molecular flexibility index (Phi) is 23.5. The smallest absolute Gasteiger partial charge is 0.194 e. The van der Waals surface area contributed by atoms with Gasteiger partial charge in [0.15, 0.2) is 5.78 Å². The molecule has 6 aliphatic carbocycles. The van der Waals surface area contributed by atoms with Crippen molar-refractivity contribution in [2.45, 2.75) is 32.1 Å². The summed E-state index contributed by atoms with van der Waals surface area (Å²) >= 11 is 3.31. The maximum Gasteiger partial charge on any atom is 0.194 e. The Hall–Kier alpha value is -15.4. The Morgan fingerprint density at radius 1 is 0.228 bits per heavy atom. The number of benzene rings is 19. The zero-order chi connectivity index (χ0) is 85.0. The quantitative estimate of drug-likeness (QED) is 0.154. The first-order valence-electron chi connectivity index (χ1n) is 43.4. The topological polar surface area (TPSA) is 58.9 Å². The average Bonchev–Trinajstić information content (AvgIpc) is 1.66. The molecule has 23 aromatic rings. The number of fused-ring (bicyclic) bond motifs is 28. The number of hydrogen-bond acceptors (Lipinski definition) is 5. The van der Waals surface area contributed by atoms with Crippen molar-refractivity contribution >= 4 is 104 Å². The Labute approximate surface area is 748 Å². The van der Waals surface area contributed by atoms with Gasteiger partial charge in [-0.3, -0.25) is 9.78 Å². The van der Waals surface area contributed by atoms with Gasteiger partial charge in [0.2, 0.25) is 0 Å². The molecule has 0 unspecified atom stereocenters. The van der Waals surface area contributed by atoms with E-state index in [4.69, 9.17) is 0 Å². The lowest BCUT2D eigenvalue weighted by molar-refractivity contribution is 0.104. The molecule has 127 heavy (non-hydrogen) atoms. The number of ketones is 1. The number of aromatic amines is 1. The molecule has 6 heteroatoms. The second-order valence-corrected chi connectivity index (χ2v) is 33.9. The molecule has 0 saturated heterocycles. The minimum Gasteiger partial charge on any atom is -0.473 e. The van der Waals surface area contributed by atoms with E-state index < -0.39 is 0 Å². The Morgan fingerprint density at radius 3 is 1.04 bits per heavy atom. The van der Waals surface area contributed by atoms with Gasteiger partial charge in [0, 0.05) is 35.1 Å². The van der Waals surface area contributed by atoms with Crippen LogP contribution in [0.2, 0.25) is 0 Å². The highest BCUT2D eigenvalue weighted by molar-refractivity contribution is 7.07. The molecule has 0 atom stereocenters. The van der Waals surface area contributed by atoms with Crippen molar-refractivity contribution in [1.29, 1.82) is 0 Å². The first-order valence-corrected chi connectivity index (χ1v) is 45.2. The third kappa shape index (κ3) is 17.2. The molecule has 6 aliphatic rings. The first-order chi connectivity index (χ1) is 62.9. The average molecular weight is 1670 g/mol. The molecule has 0 aliphatic heterocycles. The van der Waals surface area contributed by atoms with Gasteiger partial charge in [0.1, 0.15) is 0 Å². The van der Waals surface area contributed by atoms with E-state index in [-0.39, 0.29) is 5.78 Å². The molecule has 4 nitrogen and oxygen atoms in total. The highest BCUT2D eigenvalue weighted by Crippen LogP contribution is 2.47. The van der Waals surface area contributed by atoms with Gasteiger partial charge in [0.05, 0.1) is 18.0 Å². The normalized spacial score (nSPS) is 11.8. The second-order valence-electron chi connectivity index (χ2n) is 32.3. The number of nitrogens with one attached hydrogen (secondary N) is 1. The number of hydrogen-bond donors (Lipinski definition) is 1. The summed E-state index contributed by atoms with van der Waals surface area (Å²) in [6.45, 7) is 0. The van der Waals surface area contributed by atoms with Crippen LogP contribution in [0.25, 0.3) is 142 Å². The molecule has 0 radical (unpaired) electrons. The van der Waals surface area contributed by atoms with E-state index in [9.17, 15) is 4.79 Å². The van der Waals surface area contributed by atoms with E-state index >= 15 is 0 Å². The maximum absolute atomic E-state index is 11.9. The number of aromatic nitrogens is 2. The van der Waals surface area contributed by atoms with Gasteiger partial charge < -0.3 is 9.40 Å². The highest BCUT2D eigenvalue weighted by atomic mass is 32.1. The van der Waals surface area contributed by atoms with Crippen LogP contribution in [0.3, 0.4) is 0 Å². The zero-order valence-corrected chi connectivity index (χ0v) is 71.7. The number of rotatable bonds is 0. The van der Waals surface area contributed by atoms with Gasteiger partial charge in [0.25, 0.3) is 0 Å². The summed E-state index contributed by atoms with van der Waals surface area (Å²) in [5, 5.41) is 24.9. The van der Waals surface area contributed by atoms with Crippen molar-refractivity contribution < 1.29 is 9.21 Å². The SMILES string of the molecule is O=C1c2ccccc2-c2ccccc21.c1cc[nH]c1.c1ccc2c(c1)Cc1c-2ccc2ccccc12.c1ccc2c(c1)Cc1cc3ccccc3cc1-2.c1ccc2c(c1)Cc1ccc3cc4ccccc4cc3c1-2.c1ccc2c(c1)Cc1ccc3ccccc3c1-2.c1ccc2cc3c(cc2c1)Cc1cc2ccccc2cc1-3.c1ccoc1.c1ccsc1.c1cscn1. The van der Waals surface area contributed by atoms with Crippen molar-refractivity contribution in [1.82, 2.24) is 9.97 Å². The van der Waals surface area contributed by atoms with Crippen LogP contribution >= 0.6 is 22.7 Å². The van der Waals surface area contributed by atoms with Gasteiger partial charge >= 0.3 is 0 Å². The minimum atomic E-state index is 0.149. The molecule has 4 aromatic heterocycles. The van der Waals surface area contributed by atoms with Gasteiger partial charge in [-0.25, -0.2) is 0 Å². The zero-order valence-electron chi connectivity index (χ0n) is 70.1. The first kappa shape index (κ1) is 80.0. The summed E-state index contributed by atoms with van der Waals surface area (Å²) in [6.07, 6.45) is 14.1. The largest absolute Gasteiger partial charge is 0.473 e. The predicted octanol–water partition coefficient (Wildman–Crippen LogP) is 32.4. The molecule has 19 aromatic carbocycles. The summed E-state index contributed by atoms with van der Waals surface area (Å²) in [5.41, 5.74) is 34.4. The lowest BCUT2D eigenvalue weighted by Crippen LogP contribution is -1.93. The summed E-state index contributed by atoms with van der Waals surface area (Å²) in [4.78, 5) is 18.5. The molecule has 4 heterocycles. The standard InChI is InChI=1S/2C21H14.3C17H12.C13H8O.C4H5N.C4H4O.C4H4S.C3H3NS/c1-3-7-16-12-20-18(9-14(16)5-1)11-19-10-15-6-2-4-8-17(15)13-21(19)20;1-2-6-15-13-20-17(11-14(15)5-1)9-10-18-12-16-7-3-4-8-19(16)21(18)20;1-3-7-15-12(5-1)9-10-14-11-13-6-2-4-8-16(13)17(14)15;1-3-7-14-12(5-1)9-10-16-15-8-4-2-6-13(15)11-17(14)16;1-2-6-13-11-17-15(9-12(13)5-1)10-14-7-3-4-8-16(14)17;14-13-11-7-3-1-5-9(11)10-6-2-4-8-12(10)13;3*1-2-4-5-3-1;1-2-5-3-4-1/h1-10,12-13H,11H2;1-11,13H,12H2;2*1-10H,11H2;1-9,11H,10H2;1-8H;1-5H;2*1-4H;1-3H. The lowest BCUT2D eigenvalue weighted by atomic mass is 9.95. The van der Waals surface area contributed by atoms with Crippen LogP contribution in [-0.4, -0.2) is 15.8 Å². The van der Waals surface area contributed by atoms with Crippen molar-refractivity contribution in [3.8, 4) is 66.8 Å². The van der Waals surface area contributed by atoms with Gasteiger partial charge in [-0.05, 0) is 295 Å². The van der Waals surface area contributed by atoms with Crippen LogP contribution in [0, 0.1) is 0 Å². The number of furan rings is 1. The van der Waals surface area contributed by atoms with E-state index in [1.165, 1.54) is 187 Å². The molecule has 0 amide bonds. The number of carbonyl (C=O) groups is 1. The van der Waals surface area contributed by atoms with Crippen molar-refractivity contribution in [3.63, 3.8) is 0 Å². The highest BCUT2D eigenvalue weighted by Gasteiger charge is 2.27. The summed E-state index contributed by atoms with van der Waals surface area (Å²) < 4.78 is 4.58. The van der Waals surface area contributed by atoms with E-state index in [2.05, 4.69) is 342 Å². The number of H-pyrrole nitrogens is 1. The van der Waals surface area contributed by atoms with Gasteiger partial charge in [-0.2, -0.15) is 11.3 Å². The lowest BCUT2D eigenvalue weighted by Gasteiger charge is -2.09. The molecular formula is C121H88N2O2S2. The molecule has 0 bridgehead atoms. The number of thiazole rings is 1. The van der Waals surface area contributed by atoms with Crippen molar-refractivity contribution in [2.24, 2.45) is 0 Å². The van der Waals surface area contributed by atoms with Gasteiger partial charge in [-0.1, -0.05) is 358 Å². The molecule has 0 spiro atoms. The summed E-state index contributed by atoms with van der Waals surface area (Å²) in [6, 6.07) is 146. The van der Waals surface area contributed by atoms with Crippen LogP contribution < -0.4 is 0 Å². The van der Waals surface area contributed by atoms with Crippen LogP contribution in [-0.2, 0) is 32.1 Å². The van der Waals surface area contributed by atoms with Crippen LogP contribution in [0.15, 0.2) is 470 Å². The van der Waals surface area contributed by atoms with Gasteiger partial charge in [-0.15, -0.1) is 11.3 Å². The molecule has 1 N–H and O–H groups in total. The van der Waals surface area contributed by atoms with Crippen molar-refractivity contribution in [2.75, 3.05) is 0 Å². The van der Waals surface area contributed by atoms with Crippen LogP contribution in [0.1, 0.15) is 71.6 Å². The molecule has 0 fully saturated rings. The predicted molar refractivity (Wildman–Crippen MR) is 537 cm³/mol. The Bertz CT molecular complexity index is 7510. The fraction of sp³-hybridized carbons (Fsp3) is 0.0413. The summed E-state index contributed by atoms with van der Waals surface area (Å²) in [7, 11) is 0. The van der Waals surface area contributed by atoms with Crippen LogP contribution in [0.5, 0.6) is 0 Å². The number of nitrogens with zero attached hydrogens (tertiary/aromatic N) is 1. The molecular weight excluding hydrogens is 1580 g/mol. The third-order valence-corrected chi connectivity index (χ3v) is 25.8. The van der Waals surface area contributed by atoms with E-state index in [0.717, 1.165) is 54.4 Å².